The van der Waals surface area contributed by atoms with Crippen molar-refractivity contribution >= 4 is 21.7 Å². The van der Waals surface area contributed by atoms with Gasteiger partial charge >= 0.3 is 6.03 Å². The largest absolute Gasteiger partial charge is 0.339 e. The number of aromatic nitrogens is 2. The summed E-state index contributed by atoms with van der Waals surface area (Å²) >= 11 is 0. The van der Waals surface area contributed by atoms with Gasteiger partial charge in [0.1, 0.15) is 0 Å². The molecule has 2 heterocycles. The molecule has 0 bridgehead atoms. The highest BCUT2D eigenvalue weighted by Crippen LogP contribution is 2.26. The number of rotatable bonds is 3. The fourth-order valence-corrected chi connectivity index (χ4v) is 3.29. The molecule has 1 aromatic carbocycles. The molecule has 2 aromatic rings. The topological polar surface area (TPSA) is 131 Å². The quantitative estimate of drug-likeness (QED) is 0.846. The van der Waals surface area contributed by atoms with E-state index in [0.717, 1.165) is 12.8 Å². The zero-order valence-electron chi connectivity index (χ0n) is 13.7. The van der Waals surface area contributed by atoms with Crippen molar-refractivity contribution in [1.82, 2.24) is 15.0 Å². The second kappa shape index (κ2) is 6.81. The van der Waals surface area contributed by atoms with Gasteiger partial charge in [-0.1, -0.05) is 5.16 Å². The van der Waals surface area contributed by atoms with E-state index < -0.39 is 10.0 Å². The normalized spacial score (nSPS) is 18.2. The van der Waals surface area contributed by atoms with Crippen LogP contribution in [0.2, 0.25) is 0 Å². The van der Waals surface area contributed by atoms with Crippen molar-refractivity contribution < 1.29 is 17.7 Å². The molecule has 3 N–H and O–H groups in total. The summed E-state index contributed by atoms with van der Waals surface area (Å²) in [6.45, 7) is 2.87. The number of piperidine rings is 1. The average Bonchev–Trinajstić information content (AvgIpc) is 3.01. The van der Waals surface area contributed by atoms with Crippen LogP contribution in [0.15, 0.2) is 33.7 Å². The highest BCUT2D eigenvalue weighted by Gasteiger charge is 2.28. The SMILES string of the molecule is Cc1noc([C@@H]2CCCN(C(=O)Nc3ccc(S(N)(=O)=O)cc3)C2)n1. The summed E-state index contributed by atoms with van der Waals surface area (Å²) in [5.74, 6) is 1.14. The molecule has 1 saturated heterocycles. The van der Waals surface area contributed by atoms with Crippen molar-refractivity contribution in [2.75, 3.05) is 18.4 Å². The van der Waals surface area contributed by atoms with Gasteiger partial charge in [0.2, 0.25) is 15.9 Å². The second-order valence-electron chi connectivity index (χ2n) is 5.96. The van der Waals surface area contributed by atoms with Crippen LogP contribution in [0.3, 0.4) is 0 Å². The van der Waals surface area contributed by atoms with Crippen LogP contribution in [0.4, 0.5) is 10.5 Å². The van der Waals surface area contributed by atoms with E-state index in [4.69, 9.17) is 9.66 Å². The number of sulfonamides is 1. The third-order valence-electron chi connectivity index (χ3n) is 4.04. The number of nitrogens with zero attached hydrogens (tertiary/aromatic N) is 3. The molecule has 1 fully saturated rings. The fraction of sp³-hybridized carbons (Fsp3) is 0.400. The molecule has 1 atom stereocenters. The molecule has 134 valence electrons. The fourth-order valence-electron chi connectivity index (χ4n) is 2.77. The maximum absolute atomic E-state index is 12.4. The number of hydrogen-bond acceptors (Lipinski definition) is 6. The van der Waals surface area contributed by atoms with Crippen LogP contribution in [0.1, 0.15) is 30.5 Å². The third kappa shape index (κ3) is 4.15. The first kappa shape index (κ1) is 17.4. The number of nitrogens with one attached hydrogen (secondary N) is 1. The lowest BCUT2D eigenvalue weighted by Crippen LogP contribution is -2.41. The second-order valence-corrected chi connectivity index (χ2v) is 7.53. The minimum Gasteiger partial charge on any atom is -0.339 e. The van der Waals surface area contributed by atoms with Crippen molar-refractivity contribution in [3.8, 4) is 0 Å². The number of urea groups is 1. The lowest BCUT2D eigenvalue weighted by atomic mass is 9.98. The number of likely N-dealkylation sites (tertiary alicyclic amines) is 1. The van der Waals surface area contributed by atoms with Crippen LogP contribution >= 0.6 is 0 Å². The van der Waals surface area contributed by atoms with E-state index in [-0.39, 0.29) is 16.8 Å². The molecule has 0 unspecified atom stereocenters. The van der Waals surface area contributed by atoms with Gasteiger partial charge < -0.3 is 14.7 Å². The summed E-state index contributed by atoms with van der Waals surface area (Å²) in [6, 6.07) is 5.45. The minimum absolute atomic E-state index is 0.00435. The Morgan fingerprint density at radius 1 is 1.36 bits per heavy atom. The number of benzene rings is 1. The Labute approximate surface area is 145 Å². The van der Waals surface area contributed by atoms with E-state index in [9.17, 15) is 13.2 Å². The maximum Gasteiger partial charge on any atom is 0.321 e. The van der Waals surface area contributed by atoms with Gasteiger partial charge in [0, 0.05) is 18.8 Å². The predicted molar refractivity (Wildman–Crippen MR) is 89.4 cm³/mol. The first-order chi connectivity index (χ1) is 11.8. The van der Waals surface area contributed by atoms with Crippen molar-refractivity contribution in [1.29, 1.82) is 0 Å². The van der Waals surface area contributed by atoms with Gasteiger partial charge in [-0.05, 0) is 44.0 Å². The molecule has 3 rings (SSSR count). The summed E-state index contributed by atoms with van der Waals surface area (Å²) in [4.78, 5) is 18.4. The Hall–Kier alpha value is -2.46. The van der Waals surface area contributed by atoms with E-state index in [1.165, 1.54) is 24.3 Å². The molecule has 0 saturated carbocycles. The van der Waals surface area contributed by atoms with Crippen LogP contribution in [0.25, 0.3) is 0 Å². The molecular formula is C15H19N5O4S. The predicted octanol–water partition coefficient (Wildman–Crippen LogP) is 1.44. The van der Waals surface area contributed by atoms with Crippen LogP contribution in [0.5, 0.6) is 0 Å². The van der Waals surface area contributed by atoms with Crippen LogP contribution in [-0.2, 0) is 10.0 Å². The first-order valence-corrected chi connectivity index (χ1v) is 9.36. The van der Waals surface area contributed by atoms with E-state index in [1.54, 1.807) is 11.8 Å². The number of carbonyl (C=O) groups excluding carboxylic acids is 1. The molecule has 0 radical (unpaired) electrons. The Morgan fingerprint density at radius 2 is 2.08 bits per heavy atom. The van der Waals surface area contributed by atoms with Crippen LogP contribution in [0, 0.1) is 6.92 Å². The molecule has 9 nitrogen and oxygen atoms in total. The average molecular weight is 365 g/mol. The van der Waals surface area contributed by atoms with Gasteiger partial charge in [0.05, 0.1) is 10.8 Å². The Balaban J connectivity index is 1.64. The lowest BCUT2D eigenvalue weighted by molar-refractivity contribution is 0.184. The number of hydrogen-bond donors (Lipinski definition) is 2. The van der Waals surface area contributed by atoms with Gasteiger partial charge in [-0.2, -0.15) is 4.98 Å². The molecule has 25 heavy (non-hydrogen) atoms. The van der Waals surface area contributed by atoms with E-state index in [2.05, 4.69) is 15.5 Å². The smallest absolute Gasteiger partial charge is 0.321 e. The Kier molecular flexibility index (Phi) is 4.73. The standard InChI is InChI=1S/C15H19N5O4S/c1-10-17-14(24-19-10)11-3-2-8-20(9-11)15(21)18-12-4-6-13(7-5-12)25(16,22)23/h4-7,11H,2-3,8-9H2,1H3,(H,18,21)(H2,16,22,23)/t11-/m1/s1. The number of anilines is 1. The van der Waals surface area contributed by atoms with E-state index >= 15 is 0 Å². The number of carbonyl (C=O) groups is 1. The third-order valence-corrected chi connectivity index (χ3v) is 4.96. The van der Waals surface area contributed by atoms with E-state index in [1.807, 2.05) is 0 Å². The summed E-state index contributed by atoms with van der Waals surface area (Å²) in [6.07, 6.45) is 1.72. The number of amides is 2. The molecule has 1 aromatic heterocycles. The van der Waals surface area contributed by atoms with Crippen molar-refractivity contribution in [3.05, 3.63) is 36.0 Å². The zero-order valence-corrected chi connectivity index (χ0v) is 14.5. The molecular weight excluding hydrogens is 346 g/mol. The highest BCUT2D eigenvalue weighted by molar-refractivity contribution is 7.89. The molecule has 1 aliphatic heterocycles. The summed E-state index contributed by atoms with van der Waals surface area (Å²) < 4.78 is 27.7. The van der Waals surface area contributed by atoms with Crippen LogP contribution < -0.4 is 10.5 Å². The highest BCUT2D eigenvalue weighted by atomic mass is 32.2. The molecule has 10 heteroatoms. The molecule has 0 spiro atoms. The summed E-state index contributed by atoms with van der Waals surface area (Å²) in [5.41, 5.74) is 0.494. The zero-order chi connectivity index (χ0) is 18.0. The molecule has 1 aliphatic rings. The Morgan fingerprint density at radius 3 is 2.68 bits per heavy atom. The molecule has 2 amide bonds. The monoisotopic (exact) mass is 365 g/mol. The number of nitrogens with two attached hydrogens (primary N) is 1. The van der Waals surface area contributed by atoms with Crippen molar-refractivity contribution in [2.24, 2.45) is 5.14 Å². The first-order valence-electron chi connectivity index (χ1n) is 7.82. The van der Waals surface area contributed by atoms with Gasteiger partial charge in [0.25, 0.3) is 0 Å². The maximum atomic E-state index is 12.4. The summed E-state index contributed by atoms with van der Waals surface area (Å²) in [7, 11) is -3.75. The number of primary sulfonamides is 1. The Bertz CT molecular complexity index is 862. The number of aryl methyl sites for hydroxylation is 1. The lowest BCUT2D eigenvalue weighted by Gasteiger charge is -2.31. The van der Waals surface area contributed by atoms with E-state index in [0.29, 0.717) is 30.5 Å². The molecule has 0 aliphatic carbocycles. The van der Waals surface area contributed by atoms with Gasteiger partial charge in [-0.15, -0.1) is 0 Å². The van der Waals surface area contributed by atoms with Gasteiger partial charge in [-0.3, -0.25) is 0 Å². The van der Waals surface area contributed by atoms with Crippen molar-refractivity contribution in [3.63, 3.8) is 0 Å². The summed E-state index contributed by atoms with van der Waals surface area (Å²) in [5, 5.41) is 11.6. The van der Waals surface area contributed by atoms with Crippen molar-refractivity contribution in [2.45, 2.75) is 30.6 Å². The van der Waals surface area contributed by atoms with Gasteiger partial charge in [-0.25, -0.2) is 18.4 Å². The van der Waals surface area contributed by atoms with Gasteiger partial charge in [0.15, 0.2) is 5.82 Å². The van der Waals surface area contributed by atoms with Crippen LogP contribution in [-0.4, -0.2) is 42.6 Å². The minimum atomic E-state index is -3.75.